The Bertz CT molecular complexity index is 789. The van der Waals surface area contributed by atoms with Crippen molar-refractivity contribution in [1.29, 1.82) is 0 Å². The van der Waals surface area contributed by atoms with Crippen LogP contribution in [-0.4, -0.2) is 48.3 Å². The normalized spacial score (nSPS) is 18.5. The first-order valence-electron chi connectivity index (χ1n) is 7.58. The summed E-state index contributed by atoms with van der Waals surface area (Å²) in [5, 5.41) is 7.12. The molecule has 2 rings (SSSR count). The lowest BCUT2D eigenvalue weighted by Crippen LogP contribution is -2.46. The van der Waals surface area contributed by atoms with Crippen LogP contribution in [0.5, 0.6) is 0 Å². The highest BCUT2D eigenvalue weighted by atomic mass is 32.2. The molecular weight excluding hydrogens is 358 g/mol. The number of hydrogen-bond donors (Lipinski definition) is 3. The number of imide groups is 1. The number of hydrogen-bond acceptors (Lipinski definition) is 6. The number of thioether (sulfide) groups is 1. The molecule has 0 radical (unpaired) electrons. The maximum Gasteiger partial charge on any atom is 0.339 e. The number of carbonyl (C=O) groups excluding carboxylic acids is 4. The fourth-order valence-electron chi connectivity index (χ4n) is 2.07. The van der Waals surface area contributed by atoms with Crippen molar-refractivity contribution in [3.05, 3.63) is 29.8 Å². The molecule has 0 saturated carbocycles. The van der Waals surface area contributed by atoms with E-state index in [1.807, 2.05) is 0 Å². The predicted molar refractivity (Wildman–Crippen MR) is 94.4 cm³/mol. The summed E-state index contributed by atoms with van der Waals surface area (Å²) in [4.78, 5) is 47.4. The Morgan fingerprint density at radius 2 is 2.08 bits per heavy atom. The number of nitrogens with one attached hydrogen (secondary N) is 3. The van der Waals surface area contributed by atoms with Crippen molar-refractivity contribution in [3.63, 3.8) is 0 Å². The van der Waals surface area contributed by atoms with Crippen LogP contribution in [0.2, 0.25) is 0 Å². The molecule has 0 bridgehead atoms. The first kappa shape index (κ1) is 19.3. The molecule has 1 aromatic rings. The Balaban J connectivity index is 2.00. The zero-order valence-electron chi connectivity index (χ0n) is 14.0. The maximum absolute atomic E-state index is 12.2. The molecule has 0 aliphatic carbocycles. The van der Waals surface area contributed by atoms with E-state index in [0.717, 1.165) is 0 Å². The largest absolute Gasteiger partial charge is 0.452 e. The molecule has 1 fully saturated rings. The first-order chi connectivity index (χ1) is 12.4. The third-order valence-corrected chi connectivity index (χ3v) is 4.85. The Morgan fingerprint density at radius 1 is 1.35 bits per heavy atom. The number of benzene rings is 1. The van der Waals surface area contributed by atoms with E-state index in [1.165, 1.54) is 11.8 Å². The fourth-order valence-corrected chi connectivity index (χ4v) is 3.20. The van der Waals surface area contributed by atoms with Gasteiger partial charge >= 0.3 is 12.0 Å². The van der Waals surface area contributed by atoms with Crippen LogP contribution in [0, 0.1) is 12.3 Å². The van der Waals surface area contributed by atoms with E-state index >= 15 is 0 Å². The molecule has 1 heterocycles. The van der Waals surface area contributed by atoms with Gasteiger partial charge in [0, 0.05) is 10.6 Å². The van der Waals surface area contributed by atoms with Crippen LogP contribution in [0.3, 0.4) is 0 Å². The quantitative estimate of drug-likeness (QED) is 0.273. The summed E-state index contributed by atoms with van der Waals surface area (Å²) in [6, 6.07) is 6.08. The van der Waals surface area contributed by atoms with E-state index in [-0.39, 0.29) is 17.9 Å². The zero-order chi connectivity index (χ0) is 19.2. The van der Waals surface area contributed by atoms with Crippen LogP contribution in [0.1, 0.15) is 17.3 Å². The number of ether oxygens (including phenoxy) is 1. The van der Waals surface area contributed by atoms with Gasteiger partial charge in [-0.05, 0) is 19.1 Å². The standard InChI is InChI=1S/C17H17N3O5S/c1-3-8-18-13(21)9-25-14(22)11-6-4-5-7-12(11)26-10-17(2)15(23)19-16(24)20-17/h1,4-7H,8-10H2,2H3,(H,18,21)(H2,19,20,23,24)/t17-/m1/s1. The molecule has 136 valence electrons. The van der Waals surface area contributed by atoms with Crippen LogP contribution in [0.4, 0.5) is 4.79 Å². The van der Waals surface area contributed by atoms with E-state index in [1.54, 1.807) is 31.2 Å². The molecule has 9 heteroatoms. The van der Waals surface area contributed by atoms with Crippen LogP contribution < -0.4 is 16.0 Å². The van der Waals surface area contributed by atoms with Gasteiger partial charge in [-0.15, -0.1) is 18.2 Å². The smallest absolute Gasteiger partial charge is 0.339 e. The first-order valence-corrected chi connectivity index (χ1v) is 8.57. The summed E-state index contributed by atoms with van der Waals surface area (Å²) in [7, 11) is 0. The minimum Gasteiger partial charge on any atom is -0.452 e. The highest BCUT2D eigenvalue weighted by Crippen LogP contribution is 2.28. The summed E-state index contributed by atoms with van der Waals surface area (Å²) in [5.41, 5.74) is -0.816. The van der Waals surface area contributed by atoms with E-state index in [2.05, 4.69) is 21.9 Å². The molecule has 1 atom stereocenters. The average Bonchev–Trinajstić information content (AvgIpc) is 2.88. The molecule has 1 aromatic carbocycles. The van der Waals surface area contributed by atoms with Crippen molar-refractivity contribution in [2.24, 2.45) is 0 Å². The van der Waals surface area contributed by atoms with E-state index in [0.29, 0.717) is 4.90 Å². The van der Waals surface area contributed by atoms with Gasteiger partial charge in [0.05, 0.1) is 12.1 Å². The Labute approximate surface area is 154 Å². The Hall–Kier alpha value is -2.99. The van der Waals surface area contributed by atoms with Gasteiger partial charge in [0.2, 0.25) is 0 Å². The summed E-state index contributed by atoms with van der Waals surface area (Å²) < 4.78 is 4.98. The Morgan fingerprint density at radius 3 is 2.73 bits per heavy atom. The number of urea groups is 1. The van der Waals surface area contributed by atoms with Crippen molar-refractivity contribution in [2.45, 2.75) is 17.4 Å². The lowest BCUT2D eigenvalue weighted by atomic mass is 10.1. The molecule has 26 heavy (non-hydrogen) atoms. The van der Waals surface area contributed by atoms with E-state index < -0.39 is 36.0 Å². The Kier molecular flexibility index (Phi) is 6.25. The van der Waals surface area contributed by atoms with Gasteiger partial charge in [0.25, 0.3) is 11.8 Å². The molecule has 1 saturated heterocycles. The van der Waals surface area contributed by atoms with E-state index in [9.17, 15) is 19.2 Å². The van der Waals surface area contributed by atoms with Crippen LogP contribution in [0.15, 0.2) is 29.2 Å². The summed E-state index contributed by atoms with van der Waals surface area (Å²) in [6.45, 7) is 1.20. The number of carbonyl (C=O) groups is 4. The van der Waals surface area contributed by atoms with Gasteiger partial charge < -0.3 is 15.4 Å². The monoisotopic (exact) mass is 375 g/mol. The van der Waals surface area contributed by atoms with Gasteiger partial charge in [-0.1, -0.05) is 18.1 Å². The predicted octanol–water partition coefficient (Wildman–Crippen LogP) is 0.283. The van der Waals surface area contributed by atoms with E-state index in [4.69, 9.17) is 11.2 Å². The summed E-state index contributed by atoms with van der Waals surface area (Å²) in [5.74, 6) is 0.859. The van der Waals surface area contributed by atoms with Crippen molar-refractivity contribution in [3.8, 4) is 12.3 Å². The number of rotatable bonds is 7. The van der Waals surface area contributed by atoms with Crippen molar-refractivity contribution in [2.75, 3.05) is 18.9 Å². The molecule has 0 spiro atoms. The summed E-state index contributed by atoms with van der Waals surface area (Å²) in [6.07, 6.45) is 5.03. The SMILES string of the molecule is C#CCNC(=O)COC(=O)c1ccccc1SC[C@@]1(C)NC(=O)NC1=O. The topological polar surface area (TPSA) is 114 Å². The second kappa shape index (κ2) is 8.40. The fraction of sp³-hybridized carbons (Fsp3) is 0.294. The molecule has 3 N–H and O–H groups in total. The second-order valence-corrected chi connectivity index (χ2v) is 6.60. The molecule has 1 aliphatic heterocycles. The molecule has 0 aromatic heterocycles. The molecular formula is C17H17N3O5S. The lowest BCUT2D eigenvalue weighted by molar-refractivity contribution is -0.124. The van der Waals surface area contributed by atoms with Gasteiger partial charge in [-0.25, -0.2) is 9.59 Å². The minimum atomic E-state index is -1.08. The highest BCUT2D eigenvalue weighted by Gasteiger charge is 2.41. The molecule has 8 nitrogen and oxygen atoms in total. The summed E-state index contributed by atoms with van der Waals surface area (Å²) >= 11 is 1.22. The van der Waals surface area contributed by atoms with Gasteiger partial charge in [-0.3, -0.25) is 14.9 Å². The second-order valence-electron chi connectivity index (χ2n) is 5.58. The van der Waals surface area contributed by atoms with Crippen molar-refractivity contribution in [1.82, 2.24) is 16.0 Å². The average molecular weight is 375 g/mol. The number of terminal acetylenes is 1. The van der Waals surface area contributed by atoms with Crippen molar-refractivity contribution >= 4 is 35.6 Å². The number of amides is 4. The van der Waals surface area contributed by atoms with Crippen molar-refractivity contribution < 1.29 is 23.9 Å². The molecule has 1 aliphatic rings. The zero-order valence-corrected chi connectivity index (χ0v) is 14.8. The van der Waals surface area contributed by atoms with Gasteiger partial charge in [0.15, 0.2) is 6.61 Å². The van der Waals surface area contributed by atoms with Crippen LogP contribution >= 0.6 is 11.8 Å². The van der Waals surface area contributed by atoms with Gasteiger partial charge in [-0.2, -0.15) is 0 Å². The molecule has 4 amide bonds. The highest BCUT2D eigenvalue weighted by molar-refractivity contribution is 7.99. The third kappa shape index (κ3) is 4.77. The lowest BCUT2D eigenvalue weighted by Gasteiger charge is -2.20. The molecule has 0 unspecified atom stereocenters. The third-order valence-electron chi connectivity index (χ3n) is 3.46. The van der Waals surface area contributed by atoms with Crippen LogP contribution in [-0.2, 0) is 14.3 Å². The van der Waals surface area contributed by atoms with Gasteiger partial charge in [0.1, 0.15) is 5.54 Å². The number of esters is 1. The minimum absolute atomic E-state index is 0.0508. The van der Waals surface area contributed by atoms with Crippen LogP contribution in [0.25, 0.3) is 0 Å². The maximum atomic E-state index is 12.2.